The summed E-state index contributed by atoms with van der Waals surface area (Å²) in [5.74, 6) is 0.691. The molecule has 1 aliphatic rings. The van der Waals surface area contributed by atoms with E-state index in [1.807, 2.05) is 0 Å². The molecule has 11 heavy (non-hydrogen) atoms. The lowest BCUT2D eigenvalue weighted by atomic mass is 9.71. The third-order valence-electron chi connectivity index (χ3n) is 3.12. The van der Waals surface area contributed by atoms with Crippen molar-refractivity contribution in [3.05, 3.63) is 0 Å². The van der Waals surface area contributed by atoms with Gasteiger partial charge in [-0.05, 0) is 30.7 Å². The van der Waals surface area contributed by atoms with Crippen molar-refractivity contribution in [1.82, 2.24) is 0 Å². The molecule has 66 valence electrons. The summed E-state index contributed by atoms with van der Waals surface area (Å²) in [5, 5.41) is 0. The molecule has 1 aliphatic heterocycles. The zero-order valence-corrected chi connectivity index (χ0v) is 7.60. The number of hydrogen-bond donors (Lipinski definition) is 1. The van der Waals surface area contributed by atoms with Crippen LogP contribution in [0.25, 0.3) is 0 Å². The molecule has 1 fully saturated rings. The van der Waals surface area contributed by atoms with E-state index in [1.54, 1.807) is 0 Å². The summed E-state index contributed by atoms with van der Waals surface area (Å²) in [6, 6.07) is 0. The summed E-state index contributed by atoms with van der Waals surface area (Å²) in [4.78, 5) is 0. The van der Waals surface area contributed by atoms with E-state index in [-0.39, 0.29) is 0 Å². The van der Waals surface area contributed by atoms with Crippen LogP contribution in [0.4, 0.5) is 0 Å². The SMILES string of the molecule is CC(C)C1(CN)CCOCC1. The molecular weight excluding hydrogens is 138 g/mol. The van der Waals surface area contributed by atoms with Gasteiger partial charge in [-0.25, -0.2) is 0 Å². The Hall–Kier alpha value is -0.0800. The molecule has 0 aliphatic carbocycles. The molecule has 0 radical (unpaired) electrons. The van der Waals surface area contributed by atoms with Crippen LogP contribution in [0.5, 0.6) is 0 Å². The van der Waals surface area contributed by atoms with Gasteiger partial charge >= 0.3 is 0 Å². The van der Waals surface area contributed by atoms with Gasteiger partial charge in [-0.3, -0.25) is 0 Å². The number of ether oxygens (including phenoxy) is 1. The molecule has 0 amide bonds. The first-order valence-electron chi connectivity index (χ1n) is 4.49. The van der Waals surface area contributed by atoms with Crippen molar-refractivity contribution in [3.63, 3.8) is 0 Å². The molecule has 0 aromatic rings. The van der Waals surface area contributed by atoms with Crippen LogP contribution in [-0.2, 0) is 4.74 Å². The maximum atomic E-state index is 5.78. The van der Waals surface area contributed by atoms with Crippen LogP contribution >= 0.6 is 0 Å². The lowest BCUT2D eigenvalue weighted by Crippen LogP contribution is -2.40. The fourth-order valence-electron chi connectivity index (χ4n) is 1.80. The minimum atomic E-state index is 0.373. The second-order valence-electron chi connectivity index (χ2n) is 3.83. The largest absolute Gasteiger partial charge is 0.381 e. The Morgan fingerprint density at radius 2 is 1.91 bits per heavy atom. The minimum absolute atomic E-state index is 0.373. The van der Waals surface area contributed by atoms with Crippen LogP contribution in [0.2, 0.25) is 0 Å². The van der Waals surface area contributed by atoms with E-state index in [1.165, 1.54) is 0 Å². The van der Waals surface area contributed by atoms with Gasteiger partial charge in [0.1, 0.15) is 0 Å². The predicted molar refractivity (Wildman–Crippen MR) is 46.4 cm³/mol. The molecule has 1 heterocycles. The van der Waals surface area contributed by atoms with Gasteiger partial charge in [-0.2, -0.15) is 0 Å². The van der Waals surface area contributed by atoms with Crippen LogP contribution in [0.3, 0.4) is 0 Å². The van der Waals surface area contributed by atoms with E-state index in [0.717, 1.165) is 32.6 Å². The Kier molecular flexibility index (Phi) is 2.90. The average molecular weight is 157 g/mol. The molecule has 0 aromatic carbocycles. The van der Waals surface area contributed by atoms with Crippen molar-refractivity contribution in [3.8, 4) is 0 Å². The first-order valence-corrected chi connectivity index (χ1v) is 4.49. The second kappa shape index (κ2) is 3.55. The third kappa shape index (κ3) is 1.74. The van der Waals surface area contributed by atoms with E-state index in [2.05, 4.69) is 13.8 Å². The number of rotatable bonds is 2. The molecule has 1 rings (SSSR count). The molecule has 0 bridgehead atoms. The van der Waals surface area contributed by atoms with Crippen LogP contribution < -0.4 is 5.73 Å². The van der Waals surface area contributed by atoms with Crippen molar-refractivity contribution in [2.45, 2.75) is 26.7 Å². The fourth-order valence-corrected chi connectivity index (χ4v) is 1.80. The molecule has 2 N–H and O–H groups in total. The normalized spacial score (nSPS) is 24.0. The zero-order valence-electron chi connectivity index (χ0n) is 7.60. The van der Waals surface area contributed by atoms with Crippen molar-refractivity contribution < 1.29 is 4.74 Å². The Morgan fingerprint density at radius 1 is 1.36 bits per heavy atom. The first kappa shape index (κ1) is 9.01. The molecule has 0 saturated carbocycles. The van der Waals surface area contributed by atoms with Gasteiger partial charge in [0, 0.05) is 13.2 Å². The molecule has 0 aromatic heterocycles. The van der Waals surface area contributed by atoms with E-state index >= 15 is 0 Å². The van der Waals surface area contributed by atoms with E-state index in [0.29, 0.717) is 11.3 Å². The van der Waals surface area contributed by atoms with Gasteiger partial charge in [0.15, 0.2) is 0 Å². The van der Waals surface area contributed by atoms with E-state index in [9.17, 15) is 0 Å². The molecule has 0 spiro atoms. The summed E-state index contributed by atoms with van der Waals surface area (Å²) in [7, 11) is 0. The molecule has 1 saturated heterocycles. The predicted octanol–water partition coefficient (Wildman–Crippen LogP) is 1.40. The van der Waals surface area contributed by atoms with Gasteiger partial charge in [-0.1, -0.05) is 13.8 Å². The third-order valence-corrected chi connectivity index (χ3v) is 3.12. The van der Waals surface area contributed by atoms with Crippen molar-refractivity contribution >= 4 is 0 Å². The van der Waals surface area contributed by atoms with E-state index < -0.39 is 0 Å². The Bertz CT molecular complexity index is 117. The van der Waals surface area contributed by atoms with E-state index in [4.69, 9.17) is 10.5 Å². The molecule has 2 nitrogen and oxygen atoms in total. The Morgan fingerprint density at radius 3 is 2.18 bits per heavy atom. The second-order valence-corrected chi connectivity index (χ2v) is 3.83. The molecule has 0 unspecified atom stereocenters. The highest BCUT2D eigenvalue weighted by atomic mass is 16.5. The molecule has 2 heteroatoms. The highest BCUT2D eigenvalue weighted by Gasteiger charge is 2.33. The smallest absolute Gasteiger partial charge is 0.0471 e. The van der Waals surface area contributed by atoms with Gasteiger partial charge in [-0.15, -0.1) is 0 Å². The van der Waals surface area contributed by atoms with Gasteiger partial charge < -0.3 is 10.5 Å². The van der Waals surface area contributed by atoms with Crippen molar-refractivity contribution in [2.24, 2.45) is 17.1 Å². The standard InChI is InChI=1S/C9H19NO/c1-8(2)9(7-10)3-5-11-6-4-9/h8H,3-7,10H2,1-2H3. The van der Waals surface area contributed by atoms with Crippen molar-refractivity contribution in [1.29, 1.82) is 0 Å². The highest BCUT2D eigenvalue weighted by molar-refractivity contribution is 4.85. The summed E-state index contributed by atoms with van der Waals surface area (Å²) >= 11 is 0. The van der Waals surface area contributed by atoms with Gasteiger partial charge in [0.2, 0.25) is 0 Å². The topological polar surface area (TPSA) is 35.2 Å². The first-order chi connectivity index (χ1) is 5.21. The number of nitrogens with two attached hydrogens (primary N) is 1. The lowest BCUT2D eigenvalue weighted by molar-refractivity contribution is -0.00505. The fraction of sp³-hybridized carbons (Fsp3) is 1.00. The quantitative estimate of drug-likeness (QED) is 0.657. The summed E-state index contributed by atoms with van der Waals surface area (Å²) in [6.07, 6.45) is 2.28. The van der Waals surface area contributed by atoms with Crippen LogP contribution in [0, 0.1) is 11.3 Å². The summed E-state index contributed by atoms with van der Waals surface area (Å²) in [5.41, 5.74) is 6.16. The maximum absolute atomic E-state index is 5.78. The zero-order chi connectivity index (χ0) is 8.32. The highest BCUT2D eigenvalue weighted by Crippen LogP contribution is 2.36. The van der Waals surface area contributed by atoms with Crippen LogP contribution in [0.15, 0.2) is 0 Å². The lowest BCUT2D eigenvalue weighted by Gasteiger charge is -2.39. The number of hydrogen-bond acceptors (Lipinski definition) is 2. The average Bonchev–Trinajstić information content (AvgIpc) is 2.05. The minimum Gasteiger partial charge on any atom is -0.381 e. The summed E-state index contributed by atoms with van der Waals surface area (Å²) in [6.45, 7) is 7.13. The van der Waals surface area contributed by atoms with Crippen LogP contribution in [0.1, 0.15) is 26.7 Å². The Labute approximate surface area is 69.1 Å². The van der Waals surface area contributed by atoms with Crippen LogP contribution in [-0.4, -0.2) is 19.8 Å². The molecular formula is C9H19NO. The van der Waals surface area contributed by atoms with Gasteiger partial charge in [0.25, 0.3) is 0 Å². The molecule has 0 atom stereocenters. The van der Waals surface area contributed by atoms with Gasteiger partial charge in [0.05, 0.1) is 0 Å². The Balaban J connectivity index is 2.57. The monoisotopic (exact) mass is 157 g/mol. The summed E-state index contributed by atoms with van der Waals surface area (Å²) < 4.78 is 5.32. The maximum Gasteiger partial charge on any atom is 0.0471 e. The van der Waals surface area contributed by atoms with Crippen molar-refractivity contribution in [2.75, 3.05) is 19.8 Å².